The number of halogens is 4. The predicted molar refractivity (Wildman–Crippen MR) is 83.0 cm³/mol. The van der Waals surface area contributed by atoms with Gasteiger partial charge in [-0.1, -0.05) is 11.6 Å². The Kier molecular flexibility index (Phi) is 4.64. The molecule has 26 heavy (non-hydrogen) atoms. The number of carbonyl (C=O) groups excluding carboxylic acids is 2. The van der Waals surface area contributed by atoms with Gasteiger partial charge in [0.1, 0.15) is 5.82 Å². The lowest BCUT2D eigenvalue weighted by molar-refractivity contribution is -0.286. The zero-order valence-electron chi connectivity index (χ0n) is 12.7. The minimum absolute atomic E-state index is 0.105. The number of esters is 1. The number of nitrogens with one attached hydrogen (secondary N) is 1. The molecule has 1 aliphatic rings. The first kappa shape index (κ1) is 17.9. The summed E-state index contributed by atoms with van der Waals surface area (Å²) in [4.78, 5) is 23.6. The molecule has 0 aromatic heterocycles. The minimum Gasteiger partial charge on any atom is -0.452 e. The molecule has 0 atom stereocenters. The van der Waals surface area contributed by atoms with Crippen molar-refractivity contribution in [2.75, 3.05) is 11.9 Å². The molecule has 0 saturated carbocycles. The SMILES string of the molecule is O=C(COC(=O)c1ccc(F)cc1Cl)Nc1ccc2c(c1)OC(F)(F)O2. The van der Waals surface area contributed by atoms with Gasteiger partial charge in [0.05, 0.1) is 10.6 Å². The lowest BCUT2D eigenvalue weighted by atomic mass is 10.2. The quantitative estimate of drug-likeness (QED) is 0.811. The molecule has 0 saturated heterocycles. The number of carbonyl (C=O) groups is 2. The Bertz CT molecular complexity index is 890. The molecule has 0 fully saturated rings. The van der Waals surface area contributed by atoms with Crippen molar-refractivity contribution in [3.63, 3.8) is 0 Å². The Morgan fingerprint density at radius 3 is 2.58 bits per heavy atom. The van der Waals surface area contributed by atoms with Crippen LogP contribution in [0.25, 0.3) is 0 Å². The third kappa shape index (κ3) is 3.99. The van der Waals surface area contributed by atoms with E-state index in [0.29, 0.717) is 0 Å². The van der Waals surface area contributed by atoms with E-state index >= 15 is 0 Å². The molecule has 2 aromatic rings. The maximum absolute atomic E-state index is 12.9. The summed E-state index contributed by atoms with van der Waals surface area (Å²) in [6.45, 7) is -0.670. The molecule has 10 heteroatoms. The van der Waals surface area contributed by atoms with E-state index in [0.717, 1.165) is 24.3 Å². The van der Waals surface area contributed by atoms with Crippen LogP contribution in [-0.4, -0.2) is 24.8 Å². The molecular weight excluding hydrogens is 379 g/mol. The molecule has 136 valence electrons. The molecule has 1 aliphatic heterocycles. The maximum atomic E-state index is 12.9. The van der Waals surface area contributed by atoms with Crippen molar-refractivity contribution in [3.8, 4) is 11.5 Å². The van der Waals surface area contributed by atoms with Gasteiger partial charge in [-0.3, -0.25) is 4.79 Å². The molecule has 0 bridgehead atoms. The predicted octanol–water partition coefficient (Wildman–Crippen LogP) is 3.60. The Labute approximate surface area is 149 Å². The van der Waals surface area contributed by atoms with E-state index in [2.05, 4.69) is 14.8 Å². The van der Waals surface area contributed by atoms with E-state index in [1.54, 1.807) is 0 Å². The fourth-order valence-corrected chi connectivity index (χ4v) is 2.33. The van der Waals surface area contributed by atoms with Gasteiger partial charge in [-0.25, -0.2) is 9.18 Å². The van der Waals surface area contributed by atoms with Crippen molar-refractivity contribution < 1.29 is 37.0 Å². The van der Waals surface area contributed by atoms with Crippen LogP contribution < -0.4 is 14.8 Å². The summed E-state index contributed by atoms with van der Waals surface area (Å²) in [7, 11) is 0. The topological polar surface area (TPSA) is 73.9 Å². The van der Waals surface area contributed by atoms with Crippen LogP contribution in [0, 0.1) is 5.82 Å². The highest BCUT2D eigenvalue weighted by Gasteiger charge is 2.43. The van der Waals surface area contributed by atoms with Crippen molar-refractivity contribution >= 4 is 29.2 Å². The second-order valence-electron chi connectivity index (χ2n) is 5.08. The molecule has 3 rings (SSSR count). The van der Waals surface area contributed by atoms with Gasteiger partial charge >= 0.3 is 12.3 Å². The summed E-state index contributed by atoms with van der Waals surface area (Å²) >= 11 is 5.72. The van der Waals surface area contributed by atoms with Gasteiger partial charge in [0.15, 0.2) is 18.1 Å². The van der Waals surface area contributed by atoms with Crippen molar-refractivity contribution in [2.24, 2.45) is 0 Å². The highest BCUT2D eigenvalue weighted by atomic mass is 35.5. The lowest BCUT2D eigenvalue weighted by Gasteiger charge is -2.08. The van der Waals surface area contributed by atoms with E-state index < -0.39 is 30.6 Å². The summed E-state index contributed by atoms with van der Waals surface area (Å²) in [5.74, 6) is -2.70. The monoisotopic (exact) mass is 387 g/mol. The van der Waals surface area contributed by atoms with E-state index in [-0.39, 0.29) is 27.8 Å². The number of benzene rings is 2. The van der Waals surface area contributed by atoms with Gasteiger partial charge in [0.2, 0.25) is 0 Å². The Morgan fingerprint density at radius 1 is 1.12 bits per heavy atom. The molecule has 0 spiro atoms. The second kappa shape index (κ2) is 6.75. The van der Waals surface area contributed by atoms with Crippen molar-refractivity contribution in [1.82, 2.24) is 0 Å². The second-order valence-corrected chi connectivity index (χ2v) is 5.48. The summed E-state index contributed by atoms with van der Waals surface area (Å²) < 4.78 is 52.1. The lowest BCUT2D eigenvalue weighted by Crippen LogP contribution is -2.25. The third-order valence-electron chi connectivity index (χ3n) is 3.17. The van der Waals surface area contributed by atoms with Crippen molar-refractivity contribution in [2.45, 2.75) is 6.29 Å². The Balaban J connectivity index is 1.57. The molecule has 0 radical (unpaired) electrons. The number of fused-ring (bicyclic) bond motifs is 1. The minimum atomic E-state index is -3.77. The summed E-state index contributed by atoms with van der Waals surface area (Å²) in [5.41, 5.74) is 0.0251. The maximum Gasteiger partial charge on any atom is 0.586 e. The van der Waals surface area contributed by atoms with Crippen LogP contribution in [0.3, 0.4) is 0 Å². The van der Waals surface area contributed by atoms with E-state index in [4.69, 9.17) is 16.3 Å². The van der Waals surface area contributed by atoms with Crippen molar-refractivity contribution in [1.29, 1.82) is 0 Å². The first-order valence-corrected chi connectivity index (χ1v) is 7.43. The molecular formula is C16H9ClF3NO5. The Morgan fingerprint density at radius 2 is 1.85 bits per heavy atom. The van der Waals surface area contributed by atoms with Gasteiger partial charge < -0.3 is 19.5 Å². The zero-order valence-corrected chi connectivity index (χ0v) is 13.5. The van der Waals surface area contributed by atoms with Gasteiger partial charge in [0.25, 0.3) is 5.91 Å². The number of hydrogen-bond donors (Lipinski definition) is 1. The number of alkyl halides is 2. The number of ether oxygens (including phenoxy) is 3. The van der Waals surface area contributed by atoms with Gasteiger partial charge in [-0.2, -0.15) is 0 Å². The van der Waals surface area contributed by atoms with E-state index in [9.17, 15) is 22.8 Å². The van der Waals surface area contributed by atoms with Crippen LogP contribution in [-0.2, 0) is 9.53 Å². The smallest absolute Gasteiger partial charge is 0.452 e. The molecule has 2 aromatic carbocycles. The van der Waals surface area contributed by atoms with Crippen LogP contribution in [0.1, 0.15) is 10.4 Å². The average Bonchev–Trinajstić information content (AvgIpc) is 2.85. The summed E-state index contributed by atoms with van der Waals surface area (Å²) in [5, 5.41) is 2.18. The van der Waals surface area contributed by atoms with Gasteiger partial charge in [-0.05, 0) is 30.3 Å². The van der Waals surface area contributed by atoms with Gasteiger partial charge in [0, 0.05) is 11.8 Å². The molecule has 0 unspecified atom stereocenters. The van der Waals surface area contributed by atoms with Crippen LogP contribution in [0.4, 0.5) is 18.9 Å². The van der Waals surface area contributed by atoms with Crippen molar-refractivity contribution in [3.05, 3.63) is 52.8 Å². The molecule has 1 amide bonds. The highest BCUT2D eigenvalue weighted by Crippen LogP contribution is 2.42. The molecule has 0 aliphatic carbocycles. The number of hydrogen-bond acceptors (Lipinski definition) is 5. The van der Waals surface area contributed by atoms with E-state index in [1.807, 2.05) is 0 Å². The fraction of sp³-hybridized carbons (Fsp3) is 0.125. The van der Waals surface area contributed by atoms with Crippen LogP contribution in [0.15, 0.2) is 36.4 Å². The largest absolute Gasteiger partial charge is 0.586 e. The van der Waals surface area contributed by atoms with Crippen LogP contribution in [0.2, 0.25) is 5.02 Å². The number of anilines is 1. The zero-order chi connectivity index (χ0) is 18.9. The fourth-order valence-electron chi connectivity index (χ4n) is 2.09. The first-order chi connectivity index (χ1) is 12.2. The molecule has 1 N–H and O–H groups in total. The van der Waals surface area contributed by atoms with Gasteiger partial charge in [-0.15, -0.1) is 8.78 Å². The highest BCUT2D eigenvalue weighted by molar-refractivity contribution is 6.33. The average molecular weight is 388 g/mol. The number of amides is 1. The normalized spacial score (nSPS) is 14.0. The van der Waals surface area contributed by atoms with Crippen LogP contribution >= 0.6 is 11.6 Å². The van der Waals surface area contributed by atoms with Crippen LogP contribution in [0.5, 0.6) is 11.5 Å². The summed E-state index contributed by atoms with van der Waals surface area (Å²) in [6.07, 6.45) is -3.77. The third-order valence-corrected chi connectivity index (χ3v) is 3.48. The standard InChI is InChI=1S/C16H9ClF3NO5/c17-11-5-8(18)1-3-10(11)15(23)24-7-14(22)21-9-2-4-12-13(6-9)26-16(19,20)25-12/h1-6H,7H2,(H,21,22). The summed E-state index contributed by atoms with van der Waals surface area (Å²) in [6, 6.07) is 6.70. The first-order valence-electron chi connectivity index (χ1n) is 7.05. The number of rotatable bonds is 4. The molecule has 1 heterocycles. The molecule has 6 nitrogen and oxygen atoms in total. The van der Waals surface area contributed by atoms with E-state index in [1.165, 1.54) is 12.1 Å². The Hall–Kier alpha value is -2.94.